The monoisotopic (exact) mass is 426 g/mol. The van der Waals surface area contributed by atoms with Crippen LogP contribution in [0.4, 0.5) is 10.1 Å². The molecule has 1 N–H and O–H groups in total. The van der Waals surface area contributed by atoms with E-state index in [-0.39, 0.29) is 10.9 Å². The van der Waals surface area contributed by atoms with Gasteiger partial charge in [-0.1, -0.05) is 35.0 Å². The molecule has 0 spiro atoms. The molecular formula is C22H20ClFN4O2. The SMILES string of the molecule is O/N=C(/c1cccnc1Oc1ccc(F)c(Cl)c1)N1CCN(c2ccccc2)CC1. The van der Waals surface area contributed by atoms with Crippen LogP contribution in [0.15, 0.2) is 72.0 Å². The van der Waals surface area contributed by atoms with Crippen molar-refractivity contribution < 1.29 is 14.3 Å². The van der Waals surface area contributed by atoms with Gasteiger partial charge in [-0.05, 0) is 36.4 Å². The Kier molecular flexibility index (Phi) is 5.99. The van der Waals surface area contributed by atoms with E-state index in [1.807, 2.05) is 23.1 Å². The lowest BCUT2D eigenvalue weighted by Crippen LogP contribution is -2.49. The molecule has 2 aromatic carbocycles. The smallest absolute Gasteiger partial charge is 0.230 e. The second-order valence-corrected chi connectivity index (χ2v) is 7.17. The second-order valence-electron chi connectivity index (χ2n) is 6.77. The van der Waals surface area contributed by atoms with Gasteiger partial charge in [0.15, 0.2) is 5.84 Å². The van der Waals surface area contributed by atoms with E-state index in [0.29, 0.717) is 30.2 Å². The number of hydrogen-bond acceptors (Lipinski definition) is 5. The van der Waals surface area contributed by atoms with Crippen molar-refractivity contribution in [1.29, 1.82) is 0 Å². The predicted molar refractivity (Wildman–Crippen MR) is 114 cm³/mol. The highest BCUT2D eigenvalue weighted by Crippen LogP contribution is 2.28. The van der Waals surface area contributed by atoms with Crippen molar-refractivity contribution in [2.75, 3.05) is 31.1 Å². The van der Waals surface area contributed by atoms with Crippen LogP contribution in [0.2, 0.25) is 5.02 Å². The Bertz CT molecular complexity index is 1040. The number of nitrogens with zero attached hydrogens (tertiary/aromatic N) is 4. The van der Waals surface area contributed by atoms with Crippen molar-refractivity contribution in [3.05, 3.63) is 83.3 Å². The number of pyridine rings is 1. The molecule has 0 atom stereocenters. The summed E-state index contributed by atoms with van der Waals surface area (Å²) in [5.74, 6) is 0.434. The summed E-state index contributed by atoms with van der Waals surface area (Å²) in [6.45, 7) is 2.91. The molecule has 0 aliphatic carbocycles. The molecule has 4 rings (SSSR count). The maximum atomic E-state index is 13.4. The van der Waals surface area contributed by atoms with Crippen LogP contribution in [0.1, 0.15) is 5.56 Å². The average Bonchev–Trinajstić information content (AvgIpc) is 2.79. The van der Waals surface area contributed by atoms with Crippen LogP contribution in [0.25, 0.3) is 0 Å². The van der Waals surface area contributed by atoms with Crippen LogP contribution in [0.3, 0.4) is 0 Å². The molecule has 0 bridgehead atoms. The lowest BCUT2D eigenvalue weighted by molar-refractivity contribution is 0.295. The summed E-state index contributed by atoms with van der Waals surface area (Å²) < 4.78 is 19.2. The molecule has 0 amide bonds. The lowest BCUT2D eigenvalue weighted by Gasteiger charge is -2.37. The first-order chi connectivity index (χ1) is 14.7. The number of rotatable bonds is 4. The fourth-order valence-electron chi connectivity index (χ4n) is 3.40. The zero-order valence-electron chi connectivity index (χ0n) is 16.1. The van der Waals surface area contributed by atoms with Gasteiger partial charge in [-0.2, -0.15) is 0 Å². The number of amidine groups is 1. The maximum Gasteiger partial charge on any atom is 0.230 e. The minimum Gasteiger partial charge on any atom is -0.438 e. The van der Waals surface area contributed by atoms with Gasteiger partial charge in [0.05, 0.1) is 10.6 Å². The number of benzene rings is 2. The molecule has 1 aliphatic rings. The van der Waals surface area contributed by atoms with Gasteiger partial charge in [0, 0.05) is 44.1 Å². The van der Waals surface area contributed by atoms with E-state index >= 15 is 0 Å². The van der Waals surface area contributed by atoms with Gasteiger partial charge in [0.2, 0.25) is 5.88 Å². The highest BCUT2D eigenvalue weighted by molar-refractivity contribution is 6.30. The van der Waals surface area contributed by atoms with Crippen molar-refractivity contribution in [1.82, 2.24) is 9.88 Å². The quantitative estimate of drug-likeness (QED) is 0.285. The number of aromatic nitrogens is 1. The second kappa shape index (κ2) is 9.00. The molecule has 154 valence electrons. The Morgan fingerprint density at radius 3 is 2.50 bits per heavy atom. The molecule has 30 heavy (non-hydrogen) atoms. The highest BCUT2D eigenvalue weighted by Gasteiger charge is 2.24. The lowest BCUT2D eigenvalue weighted by atomic mass is 10.2. The third-order valence-corrected chi connectivity index (χ3v) is 5.20. The number of hydrogen-bond donors (Lipinski definition) is 1. The van der Waals surface area contributed by atoms with E-state index in [1.165, 1.54) is 23.9 Å². The third-order valence-electron chi connectivity index (χ3n) is 4.91. The normalized spacial score (nSPS) is 14.7. The molecule has 1 saturated heterocycles. The molecule has 1 fully saturated rings. The van der Waals surface area contributed by atoms with Crippen molar-refractivity contribution in [2.45, 2.75) is 0 Å². The first kappa shape index (κ1) is 20.0. The summed E-state index contributed by atoms with van der Waals surface area (Å²) >= 11 is 5.84. The van der Waals surface area contributed by atoms with Crippen LogP contribution in [-0.4, -0.2) is 47.1 Å². The number of halogens is 2. The number of para-hydroxylation sites is 1. The molecule has 1 aliphatic heterocycles. The van der Waals surface area contributed by atoms with Crippen molar-refractivity contribution in [3.8, 4) is 11.6 Å². The molecule has 0 radical (unpaired) electrons. The number of ether oxygens (including phenoxy) is 1. The molecule has 0 saturated carbocycles. The van der Waals surface area contributed by atoms with Gasteiger partial charge in [-0.25, -0.2) is 9.37 Å². The van der Waals surface area contributed by atoms with E-state index in [9.17, 15) is 9.60 Å². The predicted octanol–water partition coefficient (Wildman–Crippen LogP) is 4.62. The zero-order valence-corrected chi connectivity index (χ0v) is 16.8. The third kappa shape index (κ3) is 4.31. The summed E-state index contributed by atoms with van der Waals surface area (Å²) in [5, 5.41) is 13.3. The fraction of sp³-hybridized carbons (Fsp3) is 0.182. The number of anilines is 1. The van der Waals surface area contributed by atoms with Gasteiger partial charge in [-0.15, -0.1) is 0 Å². The minimum atomic E-state index is -0.529. The molecule has 8 heteroatoms. The molecule has 3 aromatic rings. The van der Waals surface area contributed by atoms with Crippen molar-refractivity contribution in [2.24, 2.45) is 5.16 Å². The van der Waals surface area contributed by atoms with Crippen LogP contribution in [-0.2, 0) is 0 Å². The molecule has 1 aromatic heterocycles. The zero-order chi connectivity index (χ0) is 20.9. The van der Waals surface area contributed by atoms with Gasteiger partial charge < -0.3 is 19.7 Å². The Hall–Kier alpha value is -3.32. The van der Waals surface area contributed by atoms with Crippen LogP contribution < -0.4 is 9.64 Å². The maximum absolute atomic E-state index is 13.4. The van der Waals surface area contributed by atoms with Crippen LogP contribution in [0.5, 0.6) is 11.6 Å². The standard InChI is InChI=1S/C22H20ClFN4O2/c23-19-15-17(8-9-20(19)24)30-22-18(7-4-10-25-22)21(26-29)28-13-11-27(12-14-28)16-5-2-1-3-6-16/h1-10,15,29H,11-14H2/b26-21-. The minimum absolute atomic E-state index is 0.0435. The average molecular weight is 427 g/mol. The van der Waals surface area contributed by atoms with Crippen LogP contribution >= 0.6 is 11.6 Å². The first-order valence-corrected chi connectivity index (χ1v) is 9.89. The van der Waals surface area contributed by atoms with Crippen molar-refractivity contribution in [3.63, 3.8) is 0 Å². The number of piperazine rings is 1. The largest absolute Gasteiger partial charge is 0.438 e. The van der Waals surface area contributed by atoms with E-state index in [1.54, 1.807) is 18.3 Å². The van der Waals surface area contributed by atoms with Gasteiger partial charge in [-0.3, -0.25) is 0 Å². The van der Waals surface area contributed by atoms with E-state index < -0.39 is 5.82 Å². The van der Waals surface area contributed by atoms with Gasteiger partial charge in [0.25, 0.3) is 0 Å². The molecule has 2 heterocycles. The fourth-order valence-corrected chi connectivity index (χ4v) is 3.57. The first-order valence-electron chi connectivity index (χ1n) is 9.51. The van der Waals surface area contributed by atoms with E-state index in [0.717, 1.165) is 13.1 Å². The number of oxime groups is 1. The highest BCUT2D eigenvalue weighted by atomic mass is 35.5. The van der Waals surface area contributed by atoms with Gasteiger partial charge in [0.1, 0.15) is 11.6 Å². The van der Waals surface area contributed by atoms with Gasteiger partial charge >= 0.3 is 0 Å². The Morgan fingerprint density at radius 2 is 1.80 bits per heavy atom. The molecule has 6 nitrogen and oxygen atoms in total. The summed E-state index contributed by atoms with van der Waals surface area (Å²) in [4.78, 5) is 8.54. The molecular weight excluding hydrogens is 407 g/mol. The van der Waals surface area contributed by atoms with Crippen LogP contribution in [0, 0.1) is 5.82 Å². The summed E-state index contributed by atoms with van der Waals surface area (Å²) in [6, 6.07) is 17.8. The van der Waals surface area contributed by atoms with Crippen molar-refractivity contribution >= 4 is 23.1 Å². The topological polar surface area (TPSA) is 61.2 Å². The Balaban J connectivity index is 1.52. The summed E-state index contributed by atoms with van der Waals surface area (Å²) in [7, 11) is 0. The Morgan fingerprint density at radius 1 is 1.03 bits per heavy atom. The molecule has 0 unspecified atom stereocenters. The summed E-state index contributed by atoms with van der Waals surface area (Å²) in [5.41, 5.74) is 1.70. The van der Waals surface area contributed by atoms with E-state index in [4.69, 9.17) is 16.3 Å². The summed E-state index contributed by atoms with van der Waals surface area (Å²) in [6.07, 6.45) is 1.58. The van der Waals surface area contributed by atoms with E-state index in [2.05, 4.69) is 27.2 Å². The Labute approximate surface area is 178 Å².